The number of rotatable bonds is 3. The lowest BCUT2D eigenvalue weighted by molar-refractivity contribution is 0.0782. The highest BCUT2D eigenvalue weighted by Crippen LogP contribution is 2.28. The summed E-state index contributed by atoms with van der Waals surface area (Å²) in [6, 6.07) is 0.119. The van der Waals surface area contributed by atoms with Crippen LogP contribution in [0.15, 0.2) is 5.38 Å². The van der Waals surface area contributed by atoms with Crippen LogP contribution in [0, 0.1) is 18.8 Å². The predicted molar refractivity (Wildman–Crippen MR) is 80.6 cm³/mol. The molecule has 2 rings (SSSR count). The zero-order valence-electron chi connectivity index (χ0n) is 12.3. The second kappa shape index (κ2) is 5.63. The van der Waals surface area contributed by atoms with Crippen molar-refractivity contribution in [2.24, 2.45) is 17.6 Å². The molecule has 1 saturated heterocycles. The van der Waals surface area contributed by atoms with Gasteiger partial charge in [-0.25, -0.2) is 0 Å². The van der Waals surface area contributed by atoms with E-state index in [-0.39, 0.29) is 11.9 Å². The number of carbonyl (C=O) groups is 1. The maximum atomic E-state index is 12.6. The molecule has 4 heteroatoms. The fraction of sp³-hybridized carbons (Fsp3) is 0.667. The van der Waals surface area contributed by atoms with Crippen LogP contribution in [0.3, 0.4) is 0 Å². The van der Waals surface area contributed by atoms with E-state index in [0.717, 1.165) is 18.5 Å². The standard InChI is InChI=1S/C15H24N2OS/c1-5-11-10(4)19-8-13(11)15(18)17-6-12(9(2)3)14(16)7-17/h8-9,12,14H,5-7,16H2,1-4H3/t12-,14+/m1/s1. The first-order chi connectivity index (χ1) is 8.95. The average Bonchev–Trinajstić information content (AvgIpc) is 2.91. The van der Waals surface area contributed by atoms with Crippen molar-refractivity contribution in [2.75, 3.05) is 13.1 Å². The summed E-state index contributed by atoms with van der Waals surface area (Å²) in [5.41, 5.74) is 8.27. The van der Waals surface area contributed by atoms with Gasteiger partial charge in [-0.3, -0.25) is 4.79 Å². The summed E-state index contributed by atoms with van der Waals surface area (Å²) in [4.78, 5) is 15.8. The van der Waals surface area contributed by atoms with E-state index in [1.54, 1.807) is 11.3 Å². The van der Waals surface area contributed by atoms with Crippen LogP contribution < -0.4 is 5.73 Å². The molecule has 1 aliphatic rings. The van der Waals surface area contributed by atoms with Gasteiger partial charge in [0, 0.05) is 29.4 Å². The van der Waals surface area contributed by atoms with Gasteiger partial charge in [-0.05, 0) is 30.7 Å². The van der Waals surface area contributed by atoms with Crippen LogP contribution >= 0.6 is 11.3 Å². The quantitative estimate of drug-likeness (QED) is 0.925. The minimum Gasteiger partial charge on any atom is -0.337 e. The summed E-state index contributed by atoms with van der Waals surface area (Å²) >= 11 is 1.67. The molecule has 1 aliphatic heterocycles. The predicted octanol–water partition coefficient (Wildman–Crippen LogP) is 2.67. The maximum absolute atomic E-state index is 12.6. The molecule has 1 aromatic rings. The van der Waals surface area contributed by atoms with Crippen molar-refractivity contribution in [1.29, 1.82) is 0 Å². The smallest absolute Gasteiger partial charge is 0.255 e. The lowest BCUT2D eigenvalue weighted by atomic mass is 9.92. The van der Waals surface area contributed by atoms with E-state index in [1.165, 1.54) is 10.4 Å². The van der Waals surface area contributed by atoms with Crippen molar-refractivity contribution in [2.45, 2.75) is 40.2 Å². The Balaban J connectivity index is 2.17. The van der Waals surface area contributed by atoms with Gasteiger partial charge in [0.15, 0.2) is 0 Å². The van der Waals surface area contributed by atoms with E-state index in [0.29, 0.717) is 18.4 Å². The van der Waals surface area contributed by atoms with Crippen molar-refractivity contribution >= 4 is 17.2 Å². The molecule has 0 saturated carbocycles. The normalized spacial score (nSPS) is 23.4. The molecule has 2 N–H and O–H groups in total. The Morgan fingerprint density at radius 1 is 1.53 bits per heavy atom. The van der Waals surface area contributed by atoms with Gasteiger partial charge in [-0.15, -0.1) is 11.3 Å². The molecule has 0 radical (unpaired) electrons. The number of likely N-dealkylation sites (tertiary alicyclic amines) is 1. The third kappa shape index (κ3) is 2.70. The Morgan fingerprint density at radius 2 is 2.21 bits per heavy atom. The van der Waals surface area contributed by atoms with E-state index in [1.807, 2.05) is 10.3 Å². The second-order valence-corrected chi connectivity index (χ2v) is 6.90. The zero-order valence-corrected chi connectivity index (χ0v) is 13.1. The number of amides is 1. The molecule has 0 spiro atoms. The molecular formula is C15H24N2OS. The lowest BCUT2D eigenvalue weighted by Gasteiger charge is -2.18. The summed E-state index contributed by atoms with van der Waals surface area (Å²) in [7, 11) is 0. The largest absolute Gasteiger partial charge is 0.337 e. The van der Waals surface area contributed by atoms with Gasteiger partial charge in [0.2, 0.25) is 0 Å². The first-order valence-corrected chi connectivity index (χ1v) is 7.95. The highest BCUT2D eigenvalue weighted by Gasteiger charge is 2.35. The highest BCUT2D eigenvalue weighted by atomic mass is 32.1. The van der Waals surface area contributed by atoms with Gasteiger partial charge >= 0.3 is 0 Å². The fourth-order valence-electron chi connectivity index (χ4n) is 2.99. The van der Waals surface area contributed by atoms with Gasteiger partial charge in [0.25, 0.3) is 5.91 Å². The molecule has 19 heavy (non-hydrogen) atoms. The average molecular weight is 280 g/mol. The molecule has 0 aliphatic carbocycles. The van der Waals surface area contributed by atoms with Crippen LogP contribution in [-0.2, 0) is 6.42 Å². The van der Waals surface area contributed by atoms with Gasteiger partial charge in [0.05, 0.1) is 5.56 Å². The summed E-state index contributed by atoms with van der Waals surface area (Å²) in [6.07, 6.45) is 0.921. The first-order valence-electron chi connectivity index (χ1n) is 7.07. The molecule has 3 nitrogen and oxygen atoms in total. The summed E-state index contributed by atoms with van der Waals surface area (Å²) in [5.74, 6) is 1.12. The van der Waals surface area contributed by atoms with Gasteiger partial charge in [-0.1, -0.05) is 20.8 Å². The molecule has 2 atom stereocenters. The van der Waals surface area contributed by atoms with Gasteiger partial charge in [0.1, 0.15) is 0 Å². The SMILES string of the molecule is CCc1c(C(=O)N2C[C@H](C(C)C)[C@@H](N)C2)csc1C. The van der Waals surface area contributed by atoms with Crippen LogP contribution in [0.4, 0.5) is 0 Å². The third-order valence-corrected chi connectivity index (χ3v) is 5.20. The highest BCUT2D eigenvalue weighted by molar-refractivity contribution is 7.10. The second-order valence-electron chi connectivity index (χ2n) is 5.82. The minimum absolute atomic E-state index is 0.119. The van der Waals surface area contributed by atoms with E-state index in [2.05, 4.69) is 27.7 Å². The molecule has 1 aromatic heterocycles. The number of hydrogen-bond donors (Lipinski definition) is 1. The lowest BCUT2D eigenvalue weighted by Crippen LogP contribution is -2.33. The van der Waals surface area contributed by atoms with Crippen molar-refractivity contribution in [1.82, 2.24) is 4.90 Å². The molecule has 0 bridgehead atoms. The number of nitrogens with two attached hydrogens (primary N) is 1. The van der Waals surface area contributed by atoms with E-state index in [4.69, 9.17) is 5.73 Å². The summed E-state index contributed by atoms with van der Waals surface area (Å²) in [5, 5.41) is 2.00. The van der Waals surface area contributed by atoms with Crippen molar-refractivity contribution < 1.29 is 4.79 Å². The molecular weight excluding hydrogens is 256 g/mol. The van der Waals surface area contributed by atoms with Crippen molar-refractivity contribution in [3.8, 4) is 0 Å². The van der Waals surface area contributed by atoms with Crippen LogP contribution in [0.5, 0.6) is 0 Å². The Labute approximate surface area is 119 Å². The number of thiophene rings is 1. The Hall–Kier alpha value is -0.870. The Kier molecular flexibility index (Phi) is 4.31. The zero-order chi connectivity index (χ0) is 14.2. The maximum Gasteiger partial charge on any atom is 0.255 e. The van der Waals surface area contributed by atoms with Crippen LogP contribution in [0.25, 0.3) is 0 Å². The summed E-state index contributed by atoms with van der Waals surface area (Å²) < 4.78 is 0. The van der Waals surface area contributed by atoms with E-state index in [9.17, 15) is 4.79 Å². The summed E-state index contributed by atoms with van der Waals surface area (Å²) in [6.45, 7) is 10.1. The fourth-order valence-corrected chi connectivity index (χ4v) is 3.93. The van der Waals surface area contributed by atoms with E-state index < -0.39 is 0 Å². The van der Waals surface area contributed by atoms with Crippen LogP contribution in [-0.4, -0.2) is 29.9 Å². The van der Waals surface area contributed by atoms with Crippen LogP contribution in [0.2, 0.25) is 0 Å². The van der Waals surface area contributed by atoms with Gasteiger partial charge < -0.3 is 10.6 Å². The topological polar surface area (TPSA) is 46.3 Å². The first kappa shape index (κ1) is 14.5. The van der Waals surface area contributed by atoms with E-state index >= 15 is 0 Å². The molecule has 2 heterocycles. The number of hydrogen-bond acceptors (Lipinski definition) is 3. The third-order valence-electron chi connectivity index (χ3n) is 4.24. The number of nitrogens with zero attached hydrogens (tertiary/aromatic N) is 1. The number of carbonyl (C=O) groups excluding carboxylic acids is 1. The van der Waals surface area contributed by atoms with Crippen molar-refractivity contribution in [3.63, 3.8) is 0 Å². The van der Waals surface area contributed by atoms with Crippen molar-refractivity contribution in [3.05, 3.63) is 21.4 Å². The molecule has 1 amide bonds. The monoisotopic (exact) mass is 280 g/mol. The molecule has 106 valence electrons. The minimum atomic E-state index is 0.119. The van der Waals surface area contributed by atoms with Gasteiger partial charge in [-0.2, -0.15) is 0 Å². The van der Waals surface area contributed by atoms with Crippen LogP contribution in [0.1, 0.15) is 41.6 Å². The molecule has 0 aromatic carbocycles. The molecule has 0 unspecified atom stereocenters. The Bertz CT molecular complexity index is 467. The molecule has 1 fully saturated rings. The number of aryl methyl sites for hydroxylation is 1. The Morgan fingerprint density at radius 3 is 2.74 bits per heavy atom.